The van der Waals surface area contributed by atoms with Crippen LogP contribution in [0.25, 0.3) is 0 Å². The summed E-state index contributed by atoms with van der Waals surface area (Å²) in [4.78, 5) is 12.4. The van der Waals surface area contributed by atoms with Crippen molar-refractivity contribution in [1.82, 2.24) is 4.72 Å². The van der Waals surface area contributed by atoms with Crippen LogP contribution in [0.3, 0.4) is 0 Å². The van der Waals surface area contributed by atoms with Gasteiger partial charge in [0.15, 0.2) is 6.10 Å². The van der Waals surface area contributed by atoms with Crippen molar-refractivity contribution in [3.63, 3.8) is 0 Å². The van der Waals surface area contributed by atoms with Crippen LogP contribution in [0.1, 0.15) is 12.5 Å². The summed E-state index contributed by atoms with van der Waals surface area (Å²) < 4.78 is 33.0. The van der Waals surface area contributed by atoms with E-state index >= 15 is 0 Å². The quantitative estimate of drug-likeness (QED) is 0.544. The van der Waals surface area contributed by atoms with Crippen molar-refractivity contribution < 1.29 is 17.9 Å². The summed E-state index contributed by atoms with van der Waals surface area (Å²) in [6, 6.07) is 21.9. The molecule has 156 valence electrons. The molecule has 0 aliphatic heterocycles. The van der Waals surface area contributed by atoms with Gasteiger partial charge in [-0.2, -0.15) is 0 Å². The molecule has 1 atom stereocenters. The summed E-state index contributed by atoms with van der Waals surface area (Å²) >= 11 is 5.83. The van der Waals surface area contributed by atoms with Crippen molar-refractivity contribution in [2.24, 2.45) is 0 Å². The van der Waals surface area contributed by atoms with Gasteiger partial charge in [0.25, 0.3) is 5.91 Å². The topological polar surface area (TPSA) is 84.5 Å². The highest BCUT2D eigenvalue weighted by Crippen LogP contribution is 2.18. The second-order valence-corrected chi connectivity index (χ2v) is 8.74. The molecule has 3 aromatic rings. The average molecular weight is 445 g/mol. The van der Waals surface area contributed by atoms with Crippen LogP contribution in [0, 0.1) is 0 Å². The summed E-state index contributed by atoms with van der Waals surface area (Å²) in [6.07, 6.45) is -0.748. The molecule has 8 heteroatoms. The number of halogens is 1. The van der Waals surface area contributed by atoms with Gasteiger partial charge in [0.05, 0.1) is 4.90 Å². The number of amides is 1. The maximum Gasteiger partial charge on any atom is 0.265 e. The second kappa shape index (κ2) is 9.75. The van der Waals surface area contributed by atoms with Crippen LogP contribution >= 0.6 is 11.6 Å². The molecule has 0 fully saturated rings. The Balaban J connectivity index is 1.57. The van der Waals surface area contributed by atoms with Crippen LogP contribution in [0.15, 0.2) is 83.8 Å². The molecular formula is C22H21ClN2O4S. The van der Waals surface area contributed by atoms with E-state index in [4.69, 9.17) is 16.3 Å². The van der Waals surface area contributed by atoms with E-state index in [1.807, 2.05) is 30.3 Å². The third kappa shape index (κ3) is 6.06. The molecule has 0 heterocycles. The summed E-state index contributed by atoms with van der Waals surface area (Å²) in [5.74, 6) is 0.163. The Bertz CT molecular complexity index is 1090. The molecule has 1 amide bonds. The van der Waals surface area contributed by atoms with Crippen molar-refractivity contribution in [3.05, 3.63) is 89.4 Å². The predicted molar refractivity (Wildman–Crippen MR) is 117 cm³/mol. The van der Waals surface area contributed by atoms with Gasteiger partial charge in [-0.05, 0) is 61.0 Å². The van der Waals surface area contributed by atoms with Crippen LogP contribution < -0.4 is 14.8 Å². The van der Waals surface area contributed by atoms with Crippen molar-refractivity contribution in [2.45, 2.75) is 24.5 Å². The summed E-state index contributed by atoms with van der Waals surface area (Å²) in [5, 5.41) is 3.28. The zero-order valence-electron chi connectivity index (χ0n) is 16.2. The molecule has 2 N–H and O–H groups in total. The van der Waals surface area contributed by atoms with E-state index in [-0.39, 0.29) is 17.3 Å². The standard InChI is InChI=1S/C22H21ClN2O4S/c1-16(29-20-11-7-18(23)8-12-20)22(26)25-19-9-13-21(14-10-19)30(27,28)24-15-17-5-3-2-4-6-17/h2-14,16,24H,15H2,1H3,(H,25,26). The summed E-state index contributed by atoms with van der Waals surface area (Å²) in [5.41, 5.74) is 1.33. The van der Waals surface area contributed by atoms with E-state index in [2.05, 4.69) is 10.0 Å². The fourth-order valence-electron chi connectivity index (χ4n) is 2.59. The average Bonchev–Trinajstić information content (AvgIpc) is 2.75. The molecule has 0 radical (unpaired) electrons. The van der Waals surface area contributed by atoms with Gasteiger partial charge in [-0.3, -0.25) is 4.79 Å². The number of sulfonamides is 1. The normalized spacial score (nSPS) is 12.2. The Hall–Kier alpha value is -2.87. The number of hydrogen-bond acceptors (Lipinski definition) is 4. The second-order valence-electron chi connectivity index (χ2n) is 6.54. The van der Waals surface area contributed by atoms with Crippen LogP contribution in [0.4, 0.5) is 5.69 Å². The van der Waals surface area contributed by atoms with E-state index in [1.165, 1.54) is 24.3 Å². The first kappa shape index (κ1) is 21.8. The molecule has 0 aliphatic carbocycles. The summed E-state index contributed by atoms with van der Waals surface area (Å²) in [7, 11) is -3.66. The summed E-state index contributed by atoms with van der Waals surface area (Å²) in [6.45, 7) is 1.82. The first-order valence-electron chi connectivity index (χ1n) is 9.20. The van der Waals surface area contributed by atoms with Gasteiger partial charge in [-0.25, -0.2) is 13.1 Å². The van der Waals surface area contributed by atoms with Gasteiger partial charge in [-0.1, -0.05) is 41.9 Å². The van der Waals surface area contributed by atoms with E-state index < -0.39 is 16.1 Å². The van der Waals surface area contributed by atoms with Gasteiger partial charge in [-0.15, -0.1) is 0 Å². The highest BCUT2D eigenvalue weighted by Gasteiger charge is 2.17. The maximum atomic E-state index is 12.4. The smallest absolute Gasteiger partial charge is 0.265 e. The third-order valence-corrected chi connectivity index (χ3v) is 5.91. The highest BCUT2D eigenvalue weighted by molar-refractivity contribution is 7.89. The lowest BCUT2D eigenvalue weighted by Gasteiger charge is -2.15. The lowest BCUT2D eigenvalue weighted by Crippen LogP contribution is -2.30. The molecule has 0 aromatic heterocycles. The maximum absolute atomic E-state index is 12.4. The van der Waals surface area contributed by atoms with Gasteiger partial charge < -0.3 is 10.1 Å². The first-order valence-corrected chi connectivity index (χ1v) is 11.1. The molecule has 1 unspecified atom stereocenters. The lowest BCUT2D eigenvalue weighted by atomic mass is 10.2. The minimum Gasteiger partial charge on any atom is -0.481 e. The highest BCUT2D eigenvalue weighted by atomic mass is 35.5. The number of benzene rings is 3. The van der Waals surface area contributed by atoms with Crippen molar-refractivity contribution in [3.8, 4) is 5.75 Å². The minimum absolute atomic E-state index is 0.113. The SMILES string of the molecule is CC(Oc1ccc(Cl)cc1)C(=O)Nc1ccc(S(=O)(=O)NCc2ccccc2)cc1. The van der Waals surface area contributed by atoms with Crippen molar-refractivity contribution in [1.29, 1.82) is 0 Å². The van der Waals surface area contributed by atoms with E-state index in [1.54, 1.807) is 31.2 Å². The van der Waals surface area contributed by atoms with E-state index in [9.17, 15) is 13.2 Å². The Kier molecular flexibility index (Phi) is 7.10. The number of anilines is 1. The number of nitrogens with one attached hydrogen (secondary N) is 2. The van der Waals surface area contributed by atoms with Crippen LogP contribution in [-0.2, 0) is 21.4 Å². The third-order valence-electron chi connectivity index (χ3n) is 4.24. The number of carbonyl (C=O) groups excluding carboxylic acids is 1. The van der Waals surface area contributed by atoms with Crippen LogP contribution in [0.2, 0.25) is 5.02 Å². The van der Waals surface area contributed by atoms with Crippen LogP contribution in [-0.4, -0.2) is 20.4 Å². The minimum atomic E-state index is -3.66. The van der Waals surface area contributed by atoms with Gasteiger partial charge in [0.1, 0.15) is 5.75 Å². The fourth-order valence-corrected chi connectivity index (χ4v) is 3.73. The Morgan fingerprint density at radius 1 is 0.967 bits per heavy atom. The predicted octanol–water partition coefficient (Wildman–Crippen LogP) is 4.22. The molecule has 3 rings (SSSR count). The Morgan fingerprint density at radius 3 is 2.23 bits per heavy atom. The monoisotopic (exact) mass is 444 g/mol. The molecule has 3 aromatic carbocycles. The van der Waals surface area contributed by atoms with Crippen molar-refractivity contribution >= 4 is 33.2 Å². The number of carbonyl (C=O) groups is 1. The van der Waals surface area contributed by atoms with E-state index in [0.29, 0.717) is 16.5 Å². The first-order chi connectivity index (χ1) is 14.3. The van der Waals surface area contributed by atoms with E-state index in [0.717, 1.165) is 5.56 Å². The molecular weight excluding hydrogens is 424 g/mol. The molecule has 6 nitrogen and oxygen atoms in total. The van der Waals surface area contributed by atoms with Crippen LogP contribution in [0.5, 0.6) is 5.75 Å². The zero-order chi connectivity index (χ0) is 21.6. The molecule has 0 saturated carbocycles. The Morgan fingerprint density at radius 2 is 1.60 bits per heavy atom. The number of hydrogen-bond donors (Lipinski definition) is 2. The van der Waals surface area contributed by atoms with Crippen molar-refractivity contribution in [2.75, 3.05) is 5.32 Å². The molecule has 0 saturated heterocycles. The zero-order valence-corrected chi connectivity index (χ0v) is 17.8. The van der Waals surface area contributed by atoms with Gasteiger partial charge in [0.2, 0.25) is 10.0 Å². The fraction of sp³-hybridized carbons (Fsp3) is 0.136. The van der Waals surface area contributed by atoms with Gasteiger partial charge >= 0.3 is 0 Å². The number of ether oxygens (including phenoxy) is 1. The van der Waals surface area contributed by atoms with Gasteiger partial charge in [0, 0.05) is 17.3 Å². The molecule has 0 bridgehead atoms. The molecule has 30 heavy (non-hydrogen) atoms. The lowest BCUT2D eigenvalue weighted by molar-refractivity contribution is -0.122. The Labute approximate surface area is 180 Å². The largest absolute Gasteiger partial charge is 0.481 e. The molecule has 0 spiro atoms. The number of rotatable bonds is 8. The molecule has 0 aliphatic rings.